The third-order valence-electron chi connectivity index (χ3n) is 2.66. The zero-order chi connectivity index (χ0) is 18.0. The Morgan fingerprint density at radius 1 is 1.04 bits per heavy atom. The fourth-order valence-corrected chi connectivity index (χ4v) is 1.41. The summed E-state index contributed by atoms with van der Waals surface area (Å²) in [5.74, 6) is -4.61. The minimum Gasteiger partial charge on any atom is -0.481 e. The SMILES string of the molecule is C[C@H](NC(=O)[C@H](CCC(=O)O)NC(=O)CNC(=O)CN)C(=O)O. The monoisotopic (exact) mass is 332 g/mol. The second-order valence-corrected chi connectivity index (χ2v) is 4.60. The molecule has 0 aliphatic rings. The molecule has 0 bridgehead atoms. The number of amides is 3. The lowest BCUT2D eigenvalue weighted by Gasteiger charge is -2.19. The fourth-order valence-electron chi connectivity index (χ4n) is 1.41. The van der Waals surface area contributed by atoms with E-state index in [9.17, 15) is 24.0 Å². The van der Waals surface area contributed by atoms with Crippen molar-refractivity contribution in [3.63, 3.8) is 0 Å². The van der Waals surface area contributed by atoms with E-state index in [1.165, 1.54) is 6.92 Å². The summed E-state index contributed by atoms with van der Waals surface area (Å²) >= 11 is 0. The molecule has 0 saturated carbocycles. The quantitative estimate of drug-likeness (QED) is 0.244. The van der Waals surface area contributed by atoms with E-state index in [0.29, 0.717) is 0 Å². The molecule has 0 fully saturated rings. The standard InChI is InChI=1S/C12H20N4O7/c1-6(12(22)23)15-11(21)7(2-3-10(19)20)16-9(18)5-14-8(17)4-13/h6-7H,2-5,13H2,1H3,(H,14,17)(H,15,21)(H,16,18)(H,19,20)(H,22,23)/t6-,7-/m0/s1. The number of rotatable bonds is 10. The molecule has 0 heterocycles. The molecular weight excluding hydrogens is 312 g/mol. The Labute approximate surface area is 131 Å². The number of hydrogen-bond donors (Lipinski definition) is 6. The van der Waals surface area contributed by atoms with Crippen LogP contribution < -0.4 is 21.7 Å². The molecule has 130 valence electrons. The van der Waals surface area contributed by atoms with Crippen molar-refractivity contribution in [3.8, 4) is 0 Å². The second kappa shape index (κ2) is 10.1. The highest BCUT2D eigenvalue weighted by molar-refractivity contribution is 5.92. The van der Waals surface area contributed by atoms with Gasteiger partial charge in [-0.25, -0.2) is 0 Å². The van der Waals surface area contributed by atoms with Crippen molar-refractivity contribution in [1.29, 1.82) is 0 Å². The van der Waals surface area contributed by atoms with Crippen LogP contribution in [0, 0.1) is 0 Å². The van der Waals surface area contributed by atoms with Gasteiger partial charge in [0.15, 0.2) is 0 Å². The minimum absolute atomic E-state index is 0.232. The van der Waals surface area contributed by atoms with Crippen LogP contribution in [0.4, 0.5) is 0 Å². The number of nitrogens with one attached hydrogen (secondary N) is 3. The van der Waals surface area contributed by atoms with Crippen LogP contribution in [-0.4, -0.2) is 65.0 Å². The van der Waals surface area contributed by atoms with Crippen LogP contribution in [0.1, 0.15) is 19.8 Å². The molecule has 0 unspecified atom stereocenters. The van der Waals surface area contributed by atoms with E-state index in [1.54, 1.807) is 0 Å². The molecule has 0 rings (SSSR count). The van der Waals surface area contributed by atoms with Crippen molar-refractivity contribution >= 4 is 29.7 Å². The lowest BCUT2D eigenvalue weighted by Crippen LogP contribution is -2.52. The maximum absolute atomic E-state index is 11.9. The Kier molecular flexibility index (Phi) is 8.92. The third kappa shape index (κ3) is 9.03. The Morgan fingerprint density at radius 2 is 1.65 bits per heavy atom. The number of carboxylic acid groups (broad SMARTS) is 2. The maximum Gasteiger partial charge on any atom is 0.325 e. The van der Waals surface area contributed by atoms with E-state index in [2.05, 4.69) is 16.0 Å². The predicted molar refractivity (Wildman–Crippen MR) is 76.1 cm³/mol. The lowest BCUT2D eigenvalue weighted by atomic mass is 10.1. The van der Waals surface area contributed by atoms with Gasteiger partial charge in [-0.1, -0.05) is 0 Å². The van der Waals surface area contributed by atoms with Crippen molar-refractivity contribution in [2.75, 3.05) is 13.1 Å². The second-order valence-electron chi connectivity index (χ2n) is 4.60. The minimum atomic E-state index is -1.28. The van der Waals surface area contributed by atoms with Crippen molar-refractivity contribution in [2.24, 2.45) is 5.73 Å². The van der Waals surface area contributed by atoms with Gasteiger partial charge in [-0.15, -0.1) is 0 Å². The molecule has 0 saturated heterocycles. The largest absolute Gasteiger partial charge is 0.481 e. The third-order valence-corrected chi connectivity index (χ3v) is 2.66. The van der Waals surface area contributed by atoms with Gasteiger partial charge in [-0.05, 0) is 13.3 Å². The molecule has 0 aromatic heterocycles. The maximum atomic E-state index is 11.9. The number of nitrogens with two attached hydrogens (primary N) is 1. The smallest absolute Gasteiger partial charge is 0.325 e. The highest BCUT2D eigenvalue weighted by atomic mass is 16.4. The van der Waals surface area contributed by atoms with Gasteiger partial charge in [0.05, 0.1) is 13.1 Å². The van der Waals surface area contributed by atoms with Crippen LogP contribution >= 0.6 is 0 Å². The Hall–Kier alpha value is -2.69. The molecule has 23 heavy (non-hydrogen) atoms. The molecule has 0 aliphatic heterocycles. The highest BCUT2D eigenvalue weighted by Crippen LogP contribution is 1.99. The fraction of sp³-hybridized carbons (Fsp3) is 0.583. The summed E-state index contributed by atoms with van der Waals surface area (Å²) in [6.07, 6.45) is -0.640. The summed E-state index contributed by atoms with van der Waals surface area (Å²) < 4.78 is 0. The summed E-state index contributed by atoms with van der Waals surface area (Å²) in [4.78, 5) is 55.8. The molecular formula is C12H20N4O7. The first-order chi connectivity index (χ1) is 10.7. The molecule has 11 nitrogen and oxygen atoms in total. The van der Waals surface area contributed by atoms with Crippen molar-refractivity contribution in [1.82, 2.24) is 16.0 Å². The van der Waals surface area contributed by atoms with Gasteiger partial charge in [-0.3, -0.25) is 24.0 Å². The summed E-state index contributed by atoms with van der Waals surface area (Å²) in [5.41, 5.74) is 5.04. The van der Waals surface area contributed by atoms with Crippen LogP contribution in [0.5, 0.6) is 0 Å². The number of carbonyl (C=O) groups excluding carboxylic acids is 3. The molecule has 2 atom stereocenters. The molecule has 0 radical (unpaired) electrons. The van der Waals surface area contributed by atoms with Crippen molar-refractivity contribution in [3.05, 3.63) is 0 Å². The summed E-state index contributed by atoms with van der Waals surface area (Å²) in [6, 6.07) is -2.45. The van der Waals surface area contributed by atoms with Crippen molar-refractivity contribution in [2.45, 2.75) is 31.8 Å². The van der Waals surface area contributed by atoms with E-state index in [4.69, 9.17) is 15.9 Å². The van der Waals surface area contributed by atoms with Crippen LogP contribution in [0.2, 0.25) is 0 Å². The van der Waals surface area contributed by atoms with Crippen LogP contribution in [-0.2, 0) is 24.0 Å². The predicted octanol–water partition coefficient (Wildman–Crippen LogP) is -3.00. The molecule has 7 N–H and O–H groups in total. The summed E-state index contributed by atoms with van der Waals surface area (Å²) in [6.45, 7) is 0.464. The van der Waals surface area contributed by atoms with Crippen molar-refractivity contribution < 1.29 is 34.2 Å². The van der Waals surface area contributed by atoms with Crippen LogP contribution in [0.25, 0.3) is 0 Å². The van der Waals surface area contributed by atoms with Gasteiger partial charge < -0.3 is 31.9 Å². The molecule has 3 amide bonds. The van der Waals surface area contributed by atoms with E-state index in [1.807, 2.05) is 0 Å². The van der Waals surface area contributed by atoms with Gasteiger partial charge in [0.25, 0.3) is 0 Å². The molecule has 0 aliphatic carbocycles. The van der Waals surface area contributed by atoms with Gasteiger partial charge in [0.2, 0.25) is 17.7 Å². The number of carboxylic acids is 2. The average Bonchev–Trinajstić information content (AvgIpc) is 2.48. The molecule has 11 heteroatoms. The molecule has 0 spiro atoms. The normalized spacial score (nSPS) is 12.6. The van der Waals surface area contributed by atoms with Gasteiger partial charge >= 0.3 is 11.9 Å². The van der Waals surface area contributed by atoms with Gasteiger partial charge in [0, 0.05) is 6.42 Å². The first-order valence-electron chi connectivity index (χ1n) is 6.68. The highest BCUT2D eigenvalue weighted by Gasteiger charge is 2.24. The van der Waals surface area contributed by atoms with E-state index in [-0.39, 0.29) is 13.0 Å². The van der Waals surface area contributed by atoms with Gasteiger partial charge in [0.1, 0.15) is 12.1 Å². The lowest BCUT2D eigenvalue weighted by molar-refractivity contribution is -0.142. The van der Waals surface area contributed by atoms with Crippen LogP contribution in [0.15, 0.2) is 0 Å². The summed E-state index contributed by atoms with van der Waals surface area (Å²) in [7, 11) is 0. The number of carbonyl (C=O) groups is 5. The first kappa shape index (κ1) is 20.3. The average molecular weight is 332 g/mol. The zero-order valence-corrected chi connectivity index (χ0v) is 12.5. The van der Waals surface area contributed by atoms with E-state index >= 15 is 0 Å². The van der Waals surface area contributed by atoms with Crippen LogP contribution in [0.3, 0.4) is 0 Å². The number of hydrogen-bond acceptors (Lipinski definition) is 6. The Balaban J connectivity index is 4.69. The summed E-state index contributed by atoms with van der Waals surface area (Å²) in [5, 5.41) is 23.9. The van der Waals surface area contributed by atoms with E-state index in [0.717, 1.165) is 0 Å². The molecule has 0 aromatic rings. The first-order valence-corrected chi connectivity index (χ1v) is 6.68. The topological polar surface area (TPSA) is 188 Å². The molecule has 0 aromatic carbocycles. The Morgan fingerprint density at radius 3 is 2.13 bits per heavy atom. The Bertz CT molecular complexity index is 480. The van der Waals surface area contributed by atoms with Gasteiger partial charge in [-0.2, -0.15) is 0 Å². The zero-order valence-electron chi connectivity index (χ0n) is 12.5. The van der Waals surface area contributed by atoms with E-state index < -0.39 is 54.7 Å². The number of aliphatic carboxylic acids is 2.